The van der Waals surface area contributed by atoms with Gasteiger partial charge in [0, 0.05) is 37.2 Å². The number of carbonyl (C=O) groups excluding carboxylic acids is 1. The Bertz CT molecular complexity index is 784. The third-order valence-electron chi connectivity index (χ3n) is 5.55. The molecule has 1 saturated heterocycles. The molecule has 2 aromatic heterocycles. The highest BCUT2D eigenvalue weighted by Gasteiger charge is 2.37. The maximum Gasteiger partial charge on any atom is 0.251 e. The summed E-state index contributed by atoms with van der Waals surface area (Å²) in [5, 5.41) is 13.7. The van der Waals surface area contributed by atoms with Gasteiger partial charge in [-0.3, -0.25) is 4.79 Å². The first-order valence-electron chi connectivity index (χ1n) is 9.33. The molecule has 0 aromatic carbocycles. The number of aryl methyl sites for hydroxylation is 1. The summed E-state index contributed by atoms with van der Waals surface area (Å²) in [6.45, 7) is 3.91. The molecule has 138 valence electrons. The molecule has 4 rings (SSSR count). The molecule has 7 heteroatoms. The molecule has 0 radical (unpaired) electrons. The SMILES string of the molecule is Cc1nccn1[C@@H]1CC[C@@H](NC(=O)c2ccnc(N3CCCC3)c2)[C@H]1O. The fourth-order valence-corrected chi connectivity index (χ4v) is 4.09. The first-order valence-corrected chi connectivity index (χ1v) is 9.33. The van der Waals surface area contributed by atoms with Gasteiger partial charge in [-0.15, -0.1) is 0 Å². The second-order valence-corrected chi connectivity index (χ2v) is 7.19. The summed E-state index contributed by atoms with van der Waals surface area (Å²) in [7, 11) is 0. The van der Waals surface area contributed by atoms with Crippen molar-refractivity contribution in [3.8, 4) is 0 Å². The van der Waals surface area contributed by atoms with Crippen LogP contribution in [0, 0.1) is 6.92 Å². The molecule has 7 nitrogen and oxygen atoms in total. The maximum absolute atomic E-state index is 12.7. The quantitative estimate of drug-likeness (QED) is 0.872. The highest BCUT2D eigenvalue weighted by molar-refractivity contribution is 5.95. The largest absolute Gasteiger partial charge is 0.389 e. The number of amides is 1. The predicted molar refractivity (Wildman–Crippen MR) is 98.2 cm³/mol. The predicted octanol–water partition coefficient (Wildman–Crippen LogP) is 1.68. The van der Waals surface area contributed by atoms with E-state index in [0.29, 0.717) is 5.56 Å². The van der Waals surface area contributed by atoms with Crippen LogP contribution in [-0.4, -0.2) is 50.8 Å². The van der Waals surface area contributed by atoms with Gasteiger partial charge >= 0.3 is 0 Å². The zero-order valence-corrected chi connectivity index (χ0v) is 15.0. The topological polar surface area (TPSA) is 83.3 Å². The molecule has 26 heavy (non-hydrogen) atoms. The number of nitrogens with one attached hydrogen (secondary N) is 1. The van der Waals surface area contributed by atoms with Gasteiger partial charge in [-0.1, -0.05) is 0 Å². The number of pyridine rings is 1. The third kappa shape index (κ3) is 3.19. The van der Waals surface area contributed by atoms with Crippen molar-refractivity contribution in [2.75, 3.05) is 18.0 Å². The van der Waals surface area contributed by atoms with Gasteiger partial charge in [0.05, 0.1) is 18.2 Å². The number of carbonyl (C=O) groups is 1. The number of rotatable bonds is 4. The third-order valence-corrected chi connectivity index (χ3v) is 5.55. The summed E-state index contributed by atoms with van der Waals surface area (Å²) < 4.78 is 1.99. The van der Waals surface area contributed by atoms with Gasteiger partial charge in [0.1, 0.15) is 11.6 Å². The van der Waals surface area contributed by atoms with E-state index in [2.05, 4.69) is 20.2 Å². The van der Waals surface area contributed by atoms with Crippen molar-refractivity contribution in [2.24, 2.45) is 0 Å². The number of nitrogens with zero attached hydrogens (tertiary/aromatic N) is 4. The average Bonchev–Trinajstić information content (AvgIpc) is 3.38. The lowest BCUT2D eigenvalue weighted by atomic mass is 10.1. The Labute approximate surface area is 153 Å². The fraction of sp³-hybridized carbons (Fsp3) is 0.526. The maximum atomic E-state index is 12.7. The molecule has 1 aliphatic heterocycles. The molecule has 3 heterocycles. The smallest absolute Gasteiger partial charge is 0.251 e. The Kier molecular flexibility index (Phi) is 4.63. The van der Waals surface area contributed by atoms with Crippen LogP contribution < -0.4 is 10.2 Å². The Morgan fingerprint density at radius 1 is 1.23 bits per heavy atom. The molecule has 2 fully saturated rings. The van der Waals surface area contributed by atoms with Crippen molar-refractivity contribution in [3.05, 3.63) is 42.1 Å². The average molecular weight is 355 g/mol. The highest BCUT2D eigenvalue weighted by atomic mass is 16.3. The van der Waals surface area contributed by atoms with Gasteiger partial charge in [0.25, 0.3) is 5.91 Å². The molecule has 2 N–H and O–H groups in total. The summed E-state index contributed by atoms with van der Waals surface area (Å²) >= 11 is 0. The Hall–Kier alpha value is -2.41. The van der Waals surface area contributed by atoms with E-state index in [4.69, 9.17) is 0 Å². The van der Waals surface area contributed by atoms with E-state index in [1.54, 1.807) is 18.5 Å². The van der Waals surface area contributed by atoms with Gasteiger partial charge in [-0.2, -0.15) is 0 Å². The summed E-state index contributed by atoms with van der Waals surface area (Å²) in [6.07, 6.45) is 8.60. The van der Waals surface area contributed by atoms with Crippen molar-refractivity contribution in [3.63, 3.8) is 0 Å². The first-order chi connectivity index (χ1) is 12.6. The summed E-state index contributed by atoms with van der Waals surface area (Å²) in [5.74, 6) is 1.58. The monoisotopic (exact) mass is 355 g/mol. The van der Waals surface area contributed by atoms with Crippen LogP contribution in [0.15, 0.2) is 30.7 Å². The van der Waals surface area contributed by atoms with Crippen LogP contribution in [0.1, 0.15) is 47.9 Å². The van der Waals surface area contributed by atoms with Crippen LogP contribution in [0.4, 0.5) is 5.82 Å². The Balaban J connectivity index is 1.44. The summed E-state index contributed by atoms with van der Waals surface area (Å²) in [6, 6.07) is 3.28. The number of anilines is 1. The van der Waals surface area contributed by atoms with E-state index in [0.717, 1.165) is 37.6 Å². The fourth-order valence-electron chi connectivity index (χ4n) is 4.09. The Morgan fingerprint density at radius 2 is 2.04 bits per heavy atom. The minimum Gasteiger partial charge on any atom is -0.389 e. The van der Waals surface area contributed by atoms with Crippen molar-refractivity contribution in [2.45, 2.75) is 50.8 Å². The highest BCUT2D eigenvalue weighted by Crippen LogP contribution is 2.31. The van der Waals surface area contributed by atoms with E-state index >= 15 is 0 Å². The van der Waals surface area contributed by atoms with Crippen molar-refractivity contribution in [1.29, 1.82) is 0 Å². The number of hydrogen-bond acceptors (Lipinski definition) is 5. The number of aliphatic hydroxyl groups excluding tert-OH is 1. The van der Waals surface area contributed by atoms with Crippen LogP contribution in [0.25, 0.3) is 0 Å². The van der Waals surface area contributed by atoms with Gasteiger partial charge in [0.15, 0.2) is 0 Å². The van der Waals surface area contributed by atoms with E-state index in [-0.39, 0.29) is 18.0 Å². The van der Waals surface area contributed by atoms with Crippen molar-refractivity contribution < 1.29 is 9.90 Å². The van der Waals surface area contributed by atoms with Crippen molar-refractivity contribution >= 4 is 11.7 Å². The van der Waals surface area contributed by atoms with Gasteiger partial charge < -0.3 is 19.9 Å². The zero-order valence-electron chi connectivity index (χ0n) is 15.0. The van der Waals surface area contributed by atoms with E-state index in [9.17, 15) is 9.90 Å². The van der Waals surface area contributed by atoms with Crippen molar-refractivity contribution in [1.82, 2.24) is 19.9 Å². The minimum absolute atomic E-state index is 0.0413. The number of imidazole rings is 1. The molecule has 1 saturated carbocycles. The number of hydrogen-bond donors (Lipinski definition) is 2. The van der Waals surface area contributed by atoms with Gasteiger partial charge in [-0.25, -0.2) is 9.97 Å². The standard InChI is InChI=1S/C19H25N5O2/c1-13-20-8-11-24(13)16-5-4-15(18(16)25)22-19(26)14-6-7-21-17(12-14)23-9-2-3-10-23/h6-8,11-12,15-16,18,25H,2-5,9-10H2,1H3,(H,22,26)/t15-,16-,18-/m1/s1. The normalized spacial score (nSPS) is 25.6. The molecule has 2 aliphatic rings. The molecule has 3 atom stereocenters. The molecular weight excluding hydrogens is 330 g/mol. The molecule has 0 bridgehead atoms. The molecule has 1 amide bonds. The van der Waals surface area contributed by atoms with Crippen LogP contribution in [0.5, 0.6) is 0 Å². The lowest BCUT2D eigenvalue weighted by molar-refractivity contribution is 0.0812. The molecule has 0 unspecified atom stereocenters. The second kappa shape index (κ2) is 7.07. The van der Waals surface area contributed by atoms with Crippen LogP contribution in [0.3, 0.4) is 0 Å². The van der Waals surface area contributed by atoms with Gasteiger partial charge in [-0.05, 0) is 44.7 Å². The molecule has 0 spiro atoms. The van der Waals surface area contributed by atoms with Crippen LogP contribution in [-0.2, 0) is 0 Å². The molecule has 1 aliphatic carbocycles. The second-order valence-electron chi connectivity index (χ2n) is 7.19. The lowest BCUT2D eigenvalue weighted by Gasteiger charge is -2.23. The number of aromatic nitrogens is 3. The van der Waals surface area contributed by atoms with E-state index in [1.807, 2.05) is 23.8 Å². The van der Waals surface area contributed by atoms with Crippen LogP contribution >= 0.6 is 0 Å². The Morgan fingerprint density at radius 3 is 2.77 bits per heavy atom. The summed E-state index contributed by atoms with van der Waals surface area (Å²) in [4.78, 5) is 23.5. The van der Waals surface area contributed by atoms with E-state index in [1.165, 1.54) is 12.8 Å². The number of aliphatic hydroxyl groups is 1. The minimum atomic E-state index is -0.619. The zero-order chi connectivity index (χ0) is 18.1. The summed E-state index contributed by atoms with van der Waals surface area (Å²) in [5.41, 5.74) is 0.594. The molecular formula is C19H25N5O2. The van der Waals surface area contributed by atoms with Crippen LogP contribution in [0.2, 0.25) is 0 Å². The van der Waals surface area contributed by atoms with Gasteiger partial charge in [0.2, 0.25) is 0 Å². The lowest BCUT2D eigenvalue weighted by Crippen LogP contribution is -2.42. The first kappa shape index (κ1) is 17.0. The van der Waals surface area contributed by atoms with E-state index < -0.39 is 6.10 Å². The molecule has 2 aromatic rings.